The maximum Gasteiger partial charge on any atom is 0.319 e. The van der Waals surface area contributed by atoms with Gasteiger partial charge in [-0.05, 0) is 70.0 Å². The van der Waals surface area contributed by atoms with E-state index in [2.05, 4.69) is 25.5 Å². The fourth-order valence-electron chi connectivity index (χ4n) is 5.43. The Balaban J connectivity index is 1.38. The van der Waals surface area contributed by atoms with Crippen LogP contribution in [0, 0.1) is 0 Å². The van der Waals surface area contributed by atoms with Gasteiger partial charge >= 0.3 is 6.03 Å². The highest BCUT2D eigenvalue weighted by atomic mass is 16.5. The van der Waals surface area contributed by atoms with E-state index in [0.717, 1.165) is 80.0 Å². The molecule has 3 aromatic rings. The van der Waals surface area contributed by atoms with Crippen LogP contribution in [-0.4, -0.2) is 70.7 Å². The van der Waals surface area contributed by atoms with Gasteiger partial charge < -0.3 is 25.6 Å². The highest BCUT2D eigenvalue weighted by molar-refractivity contribution is 5.90. The van der Waals surface area contributed by atoms with Crippen LogP contribution in [0.1, 0.15) is 38.6 Å². The summed E-state index contributed by atoms with van der Waals surface area (Å²) in [6, 6.07) is 7.80. The predicted octanol–water partition coefficient (Wildman–Crippen LogP) is 2.93. The Hall–Kier alpha value is -3.24. The third-order valence-corrected chi connectivity index (χ3v) is 7.17. The number of urea groups is 1. The molecule has 10 nitrogen and oxygen atoms in total. The standard InChI is InChI=1S/C25H32N8O2/c1-2-27-25(34)29-17-5-3-16(4-6-17)22-30-23(32-14-19-7-8-20(15-32)35-19)21-13-28-33(24(21)31-22)18-9-11-26-12-10-18/h3-6,13,18-20,26H,2,7-12,14-15H2,1H3,(H2,27,29,34). The lowest BCUT2D eigenvalue weighted by Crippen LogP contribution is -2.43. The normalized spacial score (nSPS) is 22.5. The van der Waals surface area contributed by atoms with Crippen molar-refractivity contribution in [2.45, 2.75) is 50.9 Å². The van der Waals surface area contributed by atoms with Crippen LogP contribution < -0.4 is 20.9 Å². The number of ether oxygens (including phenoxy) is 1. The van der Waals surface area contributed by atoms with Crippen LogP contribution in [-0.2, 0) is 4.74 Å². The zero-order valence-electron chi connectivity index (χ0n) is 20.0. The van der Waals surface area contributed by atoms with E-state index in [-0.39, 0.29) is 18.2 Å². The molecule has 10 heteroatoms. The van der Waals surface area contributed by atoms with Gasteiger partial charge in [-0.1, -0.05) is 0 Å². The monoisotopic (exact) mass is 476 g/mol. The van der Waals surface area contributed by atoms with Crippen molar-refractivity contribution in [3.05, 3.63) is 30.5 Å². The molecule has 3 fully saturated rings. The summed E-state index contributed by atoms with van der Waals surface area (Å²) in [6.07, 6.45) is 6.75. The minimum Gasteiger partial charge on any atom is -0.371 e. The lowest BCUT2D eigenvalue weighted by Gasteiger charge is -2.33. The Kier molecular flexibility index (Phi) is 5.99. The van der Waals surface area contributed by atoms with E-state index in [9.17, 15) is 4.79 Å². The summed E-state index contributed by atoms with van der Waals surface area (Å²) in [5, 5.41) is 14.8. The highest BCUT2D eigenvalue weighted by Gasteiger charge is 2.35. The van der Waals surface area contributed by atoms with Gasteiger partial charge in [0.15, 0.2) is 11.5 Å². The number of carbonyl (C=O) groups is 1. The van der Waals surface area contributed by atoms with Crippen LogP contribution in [0.4, 0.5) is 16.3 Å². The molecule has 3 aliphatic heterocycles. The van der Waals surface area contributed by atoms with Gasteiger partial charge in [0.2, 0.25) is 0 Å². The Morgan fingerprint density at radius 3 is 2.54 bits per heavy atom. The molecule has 3 N–H and O–H groups in total. The maximum atomic E-state index is 11.9. The van der Waals surface area contributed by atoms with Crippen molar-refractivity contribution < 1.29 is 9.53 Å². The number of hydrogen-bond acceptors (Lipinski definition) is 7. The van der Waals surface area contributed by atoms with Crippen LogP contribution in [0.5, 0.6) is 0 Å². The molecule has 2 bridgehead atoms. The highest BCUT2D eigenvalue weighted by Crippen LogP contribution is 2.35. The molecule has 0 saturated carbocycles. The number of amides is 2. The largest absolute Gasteiger partial charge is 0.371 e. The summed E-state index contributed by atoms with van der Waals surface area (Å²) in [5.74, 6) is 1.61. The van der Waals surface area contributed by atoms with Crippen LogP contribution in [0.15, 0.2) is 30.5 Å². The molecule has 0 aliphatic carbocycles. The summed E-state index contributed by atoms with van der Waals surface area (Å²) in [5.41, 5.74) is 2.52. The minimum atomic E-state index is -0.215. The SMILES string of the molecule is CCNC(=O)Nc1ccc(-c2nc(N3CC4CCC(C3)O4)c3cnn(C4CCNCC4)c3n2)cc1. The van der Waals surface area contributed by atoms with E-state index < -0.39 is 0 Å². The molecular formula is C25H32N8O2. The zero-order valence-corrected chi connectivity index (χ0v) is 20.0. The smallest absolute Gasteiger partial charge is 0.319 e. The first-order valence-electron chi connectivity index (χ1n) is 12.7. The molecule has 2 atom stereocenters. The maximum absolute atomic E-state index is 11.9. The lowest BCUT2D eigenvalue weighted by molar-refractivity contribution is 0.0303. The molecule has 2 amide bonds. The Morgan fingerprint density at radius 1 is 1.09 bits per heavy atom. The Labute approximate surface area is 204 Å². The Bertz CT molecular complexity index is 1190. The third kappa shape index (κ3) is 4.43. The average Bonchev–Trinajstić information content (AvgIpc) is 3.46. The number of nitrogens with zero attached hydrogens (tertiary/aromatic N) is 5. The summed E-state index contributed by atoms with van der Waals surface area (Å²) in [7, 11) is 0. The van der Waals surface area contributed by atoms with Crippen LogP contribution in [0.25, 0.3) is 22.4 Å². The van der Waals surface area contributed by atoms with Gasteiger partial charge in [-0.3, -0.25) is 0 Å². The number of carbonyl (C=O) groups excluding carboxylic acids is 1. The average molecular weight is 477 g/mol. The van der Waals surface area contributed by atoms with Crippen molar-refractivity contribution >= 4 is 28.6 Å². The van der Waals surface area contributed by atoms with Crippen LogP contribution >= 0.6 is 0 Å². The van der Waals surface area contributed by atoms with Gasteiger partial charge in [0, 0.05) is 30.9 Å². The van der Waals surface area contributed by atoms with Crippen LogP contribution in [0.2, 0.25) is 0 Å². The van der Waals surface area contributed by atoms with Crippen molar-refractivity contribution in [2.24, 2.45) is 0 Å². The van der Waals surface area contributed by atoms with Crippen LogP contribution in [0.3, 0.4) is 0 Å². The summed E-state index contributed by atoms with van der Waals surface area (Å²) in [6.45, 7) is 6.14. The second kappa shape index (κ2) is 9.43. The summed E-state index contributed by atoms with van der Waals surface area (Å²) < 4.78 is 8.19. The number of piperidine rings is 1. The van der Waals surface area contributed by atoms with Crippen molar-refractivity contribution in [1.29, 1.82) is 0 Å². The first-order valence-corrected chi connectivity index (χ1v) is 12.7. The van der Waals surface area contributed by atoms with E-state index in [1.54, 1.807) is 0 Å². The summed E-state index contributed by atoms with van der Waals surface area (Å²) in [4.78, 5) is 24.3. The van der Waals surface area contributed by atoms with Crippen molar-refractivity contribution in [3.8, 4) is 11.4 Å². The van der Waals surface area contributed by atoms with Gasteiger partial charge in [-0.15, -0.1) is 0 Å². The number of fused-ring (bicyclic) bond motifs is 3. The fourth-order valence-corrected chi connectivity index (χ4v) is 5.43. The molecule has 2 unspecified atom stereocenters. The second-order valence-corrected chi connectivity index (χ2v) is 9.60. The number of nitrogens with one attached hydrogen (secondary N) is 3. The number of rotatable bonds is 5. The van der Waals surface area contributed by atoms with Gasteiger partial charge in [0.05, 0.1) is 29.8 Å². The number of anilines is 2. The molecule has 1 aromatic carbocycles. The molecule has 2 aromatic heterocycles. The predicted molar refractivity (Wildman–Crippen MR) is 135 cm³/mol. The first-order chi connectivity index (χ1) is 17.2. The summed E-state index contributed by atoms with van der Waals surface area (Å²) >= 11 is 0. The Morgan fingerprint density at radius 2 is 1.83 bits per heavy atom. The molecule has 6 rings (SSSR count). The first kappa shape index (κ1) is 22.2. The van der Waals surface area contributed by atoms with E-state index in [1.165, 1.54) is 0 Å². The van der Waals surface area contributed by atoms with Crippen molar-refractivity contribution in [3.63, 3.8) is 0 Å². The van der Waals surface area contributed by atoms with E-state index >= 15 is 0 Å². The molecule has 3 saturated heterocycles. The second-order valence-electron chi connectivity index (χ2n) is 9.60. The van der Waals surface area contributed by atoms with E-state index in [4.69, 9.17) is 19.8 Å². The van der Waals surface area contributed by atoms with E-state index in [0.29, 0.717) is 18.4 Å². The molecule has 0 radical (unpaired) electrons. The number of aromatic nitrogens is 4. The molecular weight excluding hydrogens is 444 g/mol. The number of hydrogen-bond donors (Lipinski definition) is 3. The quantitative estimate of drug-likeness (QED) is 0.519. The topological polar surface area (TPSA) is 109 Å². The molecule has 35 heavy (non-hydrogen) atoms. The fraction of sp³-hybridized carbons (Fsp3) is 0.520. The lowest BCUT2D eigenvalue weighted by atomic mass is 10.1. The number of benzene rings is 1. The zero-order chi connectivity index (χ0) is 23.8. The van der Waals surface area contributed by atoms with Gasteiger partial charge in [0.1, 0.15) is 5.82 Å². The van der Waals surface area contributed by atoms with Gasteiger partial charge in [0.25, 0.3) is 0 Å². The third-order valence-electron chi connectivity index (χ3n) is 7.17. The minimum absolute atomic E-state index is 0.215. The van der Waals surface area contributed by atoms with E-state index in [1.807, 2.05) is 37.4 Å². The van der Waals surface area contributed by atoms with Gasteiger partial charge in [-0.2, -0.15) is 5.10 Å². The molecule has 3 aliphatic rings. The van der Waals surface area contributed by atoms with Gasteiger partial charge in [-0.25, -0.2) is 19.4 Å². The molecule has 0 spiro atoms. The molecule has 184 valence electrons. The molecule has 5 heterocycles. The van der Waals surface area contributed by atoms with Crippen molar-refractivity contribution in [1.82, 2.24) is 30.4 Å². The van der Waals surface area contributed by atoms with Crippen molar-refractivity contribution in [2.75, 3.05) is 42.9 Å². The number of morpholine rings is 1.